The summed E-state index contributed by atoms with van der Waals surface area (Å²) in [5.74, 6) is 0. The summed E-state index contributed by atoms with van der Waals surface area (Å²) in [4.78, 5) is 0. The lowest BCUT2D eigenvalue weighted by Gasteiger charge is -2.35. The quantitative estimate of drug-likeness (QED) is 0.714. The molecule has 2 bridgehead atoms. The molecule has 0 amide bonds. The molecule has 2 heterocycles. The van der Waals surface area contributed by atoms with Gasteiger partial charge in [-0.05, 0) is 25.7 Å². The average Bonchev–Trinajstić information content (AvgIpc) is 2.40. The Bertz CT molecular complexity index is 305. The minimum absolute atomic E-state index is 0.0208. The van der Waals surface area contributed by atoms with Gasteiger partial charge < -0.3 is 5.11 Å². The Morgan fingerprint density at radius 1 is 1.29 bits per heavy atom. The third-order valence-corrected chi connectivity index (χ3v) is 5.44. The van der Waals surface area contributed by atoms with Gasteiger partial charge in [-0.1, -0.05) is 0 Å². The van der Waals surface area contributed by atoms with E-state index in [-0.39, 0.29) is 23.4 Å². The highest BCUT2D eigenvalue weighted by Gasteiger charge is 2.45. The fourth-order valence-corrected chi connectivity index (χ4v) is 4.36. The summed E-state index contributed by atoms with van der Waals surface area (Å²) in [6.07, 6.45) is 2.50. The van der Waals surface area contributed by atoms with Crippen molar-refractivity contribution in [3.05, 3.63) is 0 Å². The van der Waals surface area contributed by atoms with Gasteiger partial charge in [-0.25, -0.2) is 8.42 Å². The smallest absolute Gasteiger partial charge is 0.228 e. The molecular formula is C8H14ClNO3S. The normalized spacial score (nSPS) is 38.9. The molecule has 2 aliphatic heterocycles. The van der Waals surface area contributed by atoms with Crippen LogP contribution in [0.3, 0.4) is 0 Å². The van der Waals surface area contributed by atoms with Crippen LogP contribution in [-0.2, 0) is 10.0 Å². The van der Waals surface area contributed by atoms with Crippen molar-refractivity contribution < 1.29 is 13.5 Å². The predicted octanol–water partition coefficient (Wildman–Crippen LogP) is 0.500. The Morgan fingerprint density at radius 3 is 2.21 bits per heavy atom. The molecule has 0 aliphatic carbocycles. The van der Waals surface area contributed by atoms with Crippen LogP contribution in [0.1, 0.15) is 25.7 Å². The van der Waals surface area contributed by atoms with Crippen molar-refractivity contribution in [2.75, 3.05) is 5.21 Å². The highest BCUT2D eigenvalue weighted by atomic mass is 35.5. The van der Waals surface area contributed by atoms with Crippen LogP contribution in [0.4, 0.5) is 0 Å². The first kappa shape index (κ1) is 10.7. The molecule has 4 nitrogen and oxygen atoms in total. The summed E-state index contributed by atoms with van der Waals surface area (Å²) < 4.78 is 24.8. The van der Waals surface area contributed by atoms with E-state index in [4.69, 9.17) is 11.6 Å². The first-order valence-corrected chi connectivity index (χ1v) is 6.94. The largest absolute Gasteiger partial charge is 0.393 e. The summed E-state index contributed by atoms with van der Waals surface area (Å²) >= 11 is 5.43. The summed E-state index contributed by atoms with van der Waals surface area (Å²) in [7, 11) is -3.29. The second-order valence-corrected chi connectivity index (χ2v) is 6.52. The molecule has 0 aromatic rings. The van der Waals surface area contributed by atoms with Crippen LogP contribution in [0.2, 0.25) is 0 Å². The summed E-state index contributed by atoms with van der Waals surface area (Å²) in [5, 5.41) is 9.14. The number of hydrogen-bond donors (Lipinski definition) is 1. The van der Waals surface area contributed by atoms with Crippen molar-refractivity contribution in [2.24, 2.45) is 0 Å². The number of halogens is 1. The van der Waals surface area contributed by atoms with Crippen molar-refractivity contribution in [1.82, 2.24) is 4.31 Å². The van der Waals surface area contributed by atoms with Crippen molar-refractivity contribution in [2.45, 2.75) is 43.9 Å². The average molecular weight is 240 g/mol. The lowest BCUT2D eigenvalue weighted by Crippen LogP contribution is -2.48. The third-order valence-electron chi connectivity index (χ3n) is 3.10. The van der Waals surface area contributed by atoms with Gasteiger partial charge in [0.2, 0.25) is 10.0 Å². The second kappa shape index (κ2) is 3.63. The first-order chi connectivity index (χ1) is 6.54. The van der Waals surface area contributed by atoms with Crippen molar-refractivity contribution >= 4 is 21.6 Å². The van der Waals surface area contributed by atoms with Gasteiger partial charge in [-0.15, -0.1) is 11.6 Å². The number of hydrogen-bond acceptors (Lipinski definition) is 3. The molecule has 2 aliphatic rings. The van der Waals surface area contributed by atoms with Crippen molar-refractivity contribution in [3.8, 4) is 0 Å². The topological polar surface area (TPSA) is 57.6 Å². The Balaban J connectivity index is 2.23. The van der Waals surface area contributed by atoms with E-state index in [0.717, 1.165) is 12.8 Å². The number of alkyl halides is 1. The number of fused-ring (bicyclic) bond motifs is 2. The molecule has 2 fully saturated rings. The number of sulfonamides is 1. The third kappa shape index (κ3) is 1.66. The number of rotatable bonds is 2. The molecule has 0 radical (unpaired) electrons. The zero-order valence-electron chi connectivity index (χ0n) is 7.76. The van der Waals surface area contributed by atoms with Gasteiger partial charge in [-0.3, -0.25) is 0 Å². The van der Waals surface area contributed by atoms with Crippen LogP contribution < -0.4 is 0 Å². The van der Waals surface area contributed by atoms with E-state index in [9.17, 15) is 13.5 Å². The lowest BCUT2D eigenvalue weighted by atomic mass is 10.0. The zero-order valence-corrected chi connectivity index (χ0v) is 9.34. The standard InChI is InChI=1S/C8H14ClNO3S/c9-5-14(12,13)10-6-1-2-7(10)4-8(11)3-6/h6-8,11H,1-5H2. The van der Waals surface area contributed by atoms with E-state index < -0.39 is 10.0 Å². The number of nitrogens with zero attached hydrogens (tertiary/aromatic N) is 1. The summed E-state index contributed by atoms with van der Waals surface area (Å²) in [6, 6.07) is -0.0417. The maximum Gasteiger partial charge on any atom is 0.228 e. The SMILES string of the molecule is O=S(=O)(CCl)N1C2CCC1CC(O)C2. The Morgan fingerprint density at radius 2 is 1.79 bits per heavy atom. The Hall–Kier alpha value is 0.160. The van der Waals surface area contributed by atoms with Crippen molar-refractivity contribution in [1.29, 1.82) is 0 Å². The zero-order chi connectivity index (χ0) is 10.3. The monoisotopic (exact) mass is 239 g/mol. The summed E-state index contributed by atoms with van der Waals surface area (Å²) in [6.45, 7) is 0. The molecule has 0 saturated carbocycles. The van der Waals surface area contributed by atoms with Gasteiger partial charge in [0, 0.05) is 12.1 Å². The fourth-order valence-electron chi connectivity index (χ4n) is 2.62. The van der Waals surface area contributed by atoms with Crippen LogP contribution in [0.15, 0.2) is 0 Å². The van der Waals surface area contributed by atoms with E-state index in [1.165, 1.54) is 4.31 Å². The van der Waals surface area contributed by atoms with E-state index in [1.54, 1.807) is 0 Å². The van der Waals surface area contributed by atoms with Gasteiger partial charge in [0.05, 0.1) is 6.10 Å². The molecule has 14 heavy (non-hydrogen) atoms. The van der Waals surface area contributed by atoms with Crippen LogP contribution in [0, 0.1) is 0 Å². The Labute approximate surface area is 88.9 Å². The van der Waals surface area contributed by atoms with Gasteiger partial charge >= 0.3 is 0 Å². The molecule has 0 aromatic carbocycles. The molecule has 6 heteroatoms. The minimum atomic E-state index is -3.29. The van der Waals surface area contributed by atoms with E-state index >= 15 is 0 Å². The van der Waals surface area contributed by atoms with Crippen LogP contribution in [0.5, 0.6) is 0 Å². The van der Waals surface area contributed by atoms with E-state index in [2.05, 4.69) is 0 Å². The summed E-state index contributed by atoms with van der Waals surface area (Å²) in [5.41, 5.74) is 0. The molecule has 2 atom stereocenters. The highest BCUT2D eigenvalue weighted by Crippen LogP contribution is 2.37. The molecule has 0 spiro atoms. The van der Waals surface area contributed by atoms with Gasteiger partial charge in [-0.2, -0.15) is 4.31 Å². The molecule has 1 N–H and O–H groups in total. The lowest BCUT2D eigenvalue weighted by molar-refractivity contribution is 0.0771. The Kier molecular flexibility index (Phi) is 2.76. The van der Waals surface area contributed by atoms with Crippen molar-refractivity contribution in [3.63, 3.8) is 0 Å². The van der Waals surface area contributed by atoms with E-state index in [0.29, 0.717) is 12.8 Å². The molecule has 2 saturated heterocycles. The second-order valence-electron chi connectivity index (χ2n) is 4.06. The van der Waals surface area contributed by atoms with E-state index in [1.807, 2.05) is 0 Å². The van der Waals surface area contributed by atoms with Crippen LogP contribution >= 0.6 is 11.6 Å². The van der Waals surface area contributed by atoms with Crippen LogP contribution in [0.25, 0.3) is 0 Å². The molecule has 2 unspecified atom stereocenters. The first-order valence-electron chi connectivity index (χ1n) is 4.80. The maximum atomic E-state index is 11.6. The van der Waals surface area contributed by atoms with Gasteiger partial charge in [0.15, 0.2) is 0 Å². The van der Waals surface area contributed by atoms with Gasteiger partial charge in [0.25, 0.3) is 0 Å². The van der Waals surface area contributed by atoms with Crippen LogP contribution in [-0.4, -0.2) is 41.2 Å². The number of piperidine rings is 1. The highest BCUT2D eigenvalue weighted by molar-refractivity contribution is 7.90. The molecular weight excluding hydrogens is 226 g/mol. The number of aliphatic hydroxyl groups is 1. The maximum absolute atomic E-state index is 11.6. The predicted molar refractivity (Wildman–Crippen MR) is 53.5 cm³/mol. The number of aliphatic hydroxyl groups excluding tert-OH is 1. The van der Waals surface area contributed by atoms with Gasteiger partial charge in [0.1, 0.15) is 5.21 Å². The minimum Gasteiger partial charge on any atom is -0.393 e. The molecule has 0 aromatic heterocycles. The fraction of sp³-hybridized carbons (Fsp3) is 1.00. The molecule has 2 rings (SSSR count). The molecule has 82 valence electrons.